The van der Waals surface area contributed by atoms with Crippen molar-refractivity contribution in [2.45, 2.75) is 25.0 Å². The first-order valence-corrected chi connectivity index (χ1v) is 10.9. The van der Waals surface area contributed by atoms with E-state index in [0.29, 0.717) is 18.7 Å². The lowest BCUT2D eigenvalue weighted by Crippen LogP contribution is -2.39. The van der Waals surface area contributed by atoms with E-state index in [2.05, 4.69) is 5.32 Å². The molecule has 7 heteroatoms. The molecule has 6 nitrogen and oxygen atoms in total. The Kier molecular flexibility index (Phi) is 7.22. The molecule has 0 saturated carbocycles. The highest BCUT2D eigenvalue weighted by atomic mass is 19.1. The molecule has 2 atom stereocenters. The van der Waals surface area contributed by atoms with Crippen LogP contribution < -0.4 is 14.8 Å². The first-order chi connectivity index (χ1) is 16.0. The lowest BCUT2D eigenvalue weighted by molar-refractivity contribution is 0.0697. The fourth-order valence-corrected chi connectivity index (χ4v) is 3.89. The average molecular weight is 451 g/mol. The van der Waals surface area contributed by atoms with Gasteiger partial charge >= 0.3 is 5.97 Å². The molecule has 0 spiro atoms. The molecule has 172 valence electrons. The fraction of sp³-hybridized carbons (Fsp3) is 0.269. The summed E-state index contributed by atoms with van der Waals surface area (Å²) in [5.74, 6) is -0.504. The number of carboxylic acids is 1. The third-order valence-corrected chi connectivity index (χ3v) is 5.58. The van der Waals surface area contributed by atoms with Crippen LogP contribution in [0.1, 0.15) is 22.3 Å². The maximum Gasteiger partial charge on any atom is 0.336 e. The summed E-state index contributed by atoms with van der Waals surface area (Å²) in [5.41, 5.74) is 2.85. The maximum absolute atomic E-state index is 13.6. The van der Waals surface area contributed by atoms with Gasteiger partial charge in [-0.05, 0) is 59.9 Å². The third-order valence-electron chi connectivity index (χ3n) is 5.58. The summed E-state index contributed by atoms with van der Waals surface area (Å²) in [5, 5.41) is 22.7. The van der Waals surface area contributed by atoms with Gasteiger partial charge in [0.1, 0.15) is 24.6 Å². The number of para-hydroxylation sites is 1. The zero-order chi connectivity index (χ0) is 23.2. The van der Waals surface area contributed by atoms with Crippen LogP contribution in [0.25, 0.3) is 11.1 Å². The second-order valence-electron chi connectivity index (χ2n) is 8.01. The van der Waals surface area contributed by atoms with E-state index in [4.69, 9.17) is 9.47 Å². The Bertz CT molecular complexity index is 1120. The van der Waals surface area contributed by atoms with Gasteiger partial charge in [0, 0.05) is 13.1 Å². The Morgan fingerprint density at radius 3 is 2.76 bits per heavy atom. The first kappa shape index (κ1) is 22.8. The third kappa shape index (κ3) is 5.69. The van der Waals surface area contributed by atoms with Crippen molar-refractivity contribution in [3.8, 4) is 22.6 Å². The minimum atomic E-state index is -0.952. The van der Waals surface area contributed by atoms with Gasteiger partial charge in [-0.1, -0.05) is 36.4 Å². The monoisotopic (exact) mass is 451 g/mol. The van der Waals surface area contributed by atoms with Crippen LogP contribution in [0.4, 0.5) is 4.39 Å². The summed E-state index contributed by atoms with van der Waals surface area (Å²) in [4.78, 5) is 11.5. The molecule has 1 aliphatic rings. The van der Waals surface area contributed by atoms with E-state index >= 15 is 0 Å². The number of hydrogen-bond donors (Lipinski definition) is 3. The smallest absolute Gasteiger partial charge is 0.336 e. The van der Waals surface area contributed by atoms with Crippen molar-refractivity contribution in [2.75, 3.05) is 19.7 Å². The molecule has 4 rings (SSSR count). The van der Waals surface area contributed by atoms with Gasteiger partial charge in [-0.15, -0.1) is 0 Å². The molecule has 0 saturated heterocycles. The normalized spacial score (nSPS) is 15.9. The minimum absolute atomic E-state index is 0.0110. The van der Waals surface area contributed by atoms with Crippen molar-refractivity contribution in [1.29, 1.82) is 0 Å². The van der Waals surface area contributed by atoms with Gasteiger partial charge < -0.3 is 25.0 Å². The predicted octanol–water partition coefficient (Wildman–Crippen LogP) is 3.91. The molecule has 0 radical (unpaired) electrons. The Morgan fingerprint density at radius 1 is 1.15 bits per heavy atom. The molecule has 33 heavy (non-hydrogen) atoms. The van der Waals surface area contributed by atoms with Gasteiger partial charge in [0.05, 0.1) is 5.56 Å². The number of fused-ring (bicyclic) bond motifs is 1. The molecule has 0 aliphatic carbocycles. The van der Waals surface area contributed by atoms with Gasteiger partial charge in [0.15, 0.2) is 11.6 Å². The van der Waals surface area contributed by atoms with E-state index in [0.717, 1.165) is 29.7 Å². The number of nitrogens with one attached hydrogen (secondary N) is 1. The summed E-state index contributed by atoms with van der Waals surface area (Å²) in [6, 6.07) is 18.8. The van der Waals surface area contributed by atoms with E-state index in [1.54, 1.807) is 24.3 Å². The Hall–Kier alpha value is -3.42. The number of carbonyl (C=O) groups is 1. The summed E-state index contributed by atoms with van der Waals surface area (Å²) < 4.78 is 25.0. The van der Waals surface area contributed by atoms with Crippen molar-refractivity contribution in [2.24, 2.45) is 0 Å². The van der Waals surface area contributed by atoms with Crippen molar-refractivity contribution < 1.29 is 28.9 Å². The number of aromatic carboxylic acids is 1. The summed E-state index contributed by atoms with van der Waals surface area (Å²) in [6.07, 6.45) is 0.780. The number of benzene rings is 3. The quantitative estimate of drug-likeness (QED) is 0.457. The molecule has 1 aliphatic heterocycles. The molecule has 3 aromatic carbocycles. The summed E-state index contributed by atoms with van der Waals surface area (Å²) in [7, 11) is 0. The van der Waals surface area contributed by atoms with Gasteiger partial charge in [-0.25, -0.2) is 9.18 Å². The number of aryl methyl sites for hydroxylation is 1. The number of hydrogen-bond acceptors (Lipinski definition) is 5. The van der Waals surface area contributed by atoms with Crippen LogP contribution >= 0.6 is 0 Å². The van der Waals surface area contributed by atoms with E-state index in [1.165, 1.54) is 12.1 Å². The number of halogens is 1. The molecule has 0 aromatic heterocycles. The lowest BCUT2D eigenvalue weighted by Gasteiger charge is -2.27. The molecule has 1 heterocycles. The minimum Gasteiger partial charge on any atom is -0.489 e. The van der Waals surface area contributed by atoms with E-state index in [1.807, 2.05) is 30.3 Å². The second kappa shape index (κ2) is 10.5. The first-order valence-electron chi connectivity index (χ1n) is 10.9. The van der Waals surface area contributed by atoms with Crippen LogP contribution in [-0.2, 0) is 6.42 Å². The van der Waals surface area contributed by atoms with Crippen molar-refractivity contribution in [3.63, 3.8) is 0 Å². The van der Waals surface area contributed by atoms with E-state index in [9.17, 15) is 19.4 Å². The largest absolute Gasteiger partial charge is 0.489 e. The van der Waals surface area contributed by atoms with E-state index < -0.39 is 17.9 Å². The van der Waals surface area contributed by atoms with Gasteiger partial charge in [0.25, 0.3) is 0 Å². The van der Waals surface area contributed by atoms with Gasteiger partial charge in [-0.3, -0.25) is 0 Å². The number of aliphatic hydroxyl groups excluding tert-OH is 1. The zero-order valence-electron chi connectivity index (χ0n) is 18.0. The molecular formula is C26H26FNO5. The van der Waals surface area contributed by atoms with Crippen molar-refractivity contribution in [3.05, 3.63) is 83.7 Å². The predicted molar refractivity (Wildman–Crippen MR) is 122 cm³/mol. The Morgan fingerprint density at radius 2 is 1.94 bits per heavy atom. The van der Waals surface area contributed by atoms with E-state index in [-0.39, 0.29) is 24.0 Å². The van der Waals surface area contributed by atoms with Crippen LogP contribution in [0.15, 0.2) is 66.7 Å². The van der Waals surface area contributed by atoms with Gasteiger partial charge in [0.2, 0.25) is 0 Å². The van der Waals surface area contributed by atoms with Gasteiger partial charge in [-0.2, -0.15) is 0 Å². The lowest BCUT2D eigenvalue weighted by atomic mass is 9.94. The second-order valence-corrected chi connectivity index (χ2v) is 8.01. The highest BCUT2D eigenvalue weighted by Gasteiger charge is 2.21. The number of ether oxygens (including phenoxy) is 2. The molecular weight excluding hydrogens is 425 g/mol. The van der Waals surface area contributed by atoms with Crippen LogP contribution in [-0.4, -0.2) is 48.1 Å². The van der Waals surface area contributed by atoms with Crippen molar-refractivity contribution >= 4 is 5.97 Å². The zero-order valence-corrected chi connectivity index (χ0v) is 18.0. The molecule has 3 aromatic rings. The molecule has 0 fully saturated rings. The SMILES string of the molecule is O=C(O)c1ccccc1-c1ccc2c(c1)CC[C@H](CNC[C@H](O)COc1ccccc1F)O2. The Balaban J connectivity index is 1.28. The van der Waals surface area contributed by atoms with Crippen LogP contribution in [0, 0.1) is 5.82 Å². The Labute approximate surface area is 191 Å². The number of aliphatic hydroxyl groups is 1. The highest BCUT2D eigenvalue weighted by Crippen LogP contribution is 2.33. The standard InChI is InChI=1S/C26H26FNO5/c27-23-7-3-4-8-25(23)32-16-19(29)14-28-15-20-11-9-18-13-17(10-12-24(18)33-20)21-5-1-2-6-22(21)26(30)31/h1-8,10,12-13,19-20,28-29H,9,11,14-16H2,(H,30,31)/t19-,20+/m0/s1. The average Bonchev–Trinajstić information content (AvgIpc) is 2.83. The maximum atomic E-state index is 13.6. The molecule has 0 amide bonds. The van der Waals surface area contributed by atoms with Crippen molar-refractivity contribution in [1.82, 2.24) is 5.32 Å². The van der Waals surface area contributed by atoms with Crippen LogP contribution in [0.5, 0.6) is 11.5 Å². The molecule has 0 bridgehead atoms. The summed E-state index contributed by atoms with van der Waals surface area (Å²) >= 11 is 0. The molecule has 0 unspecified atom stereocenters. The fourth-order valence-electron chi connectivity index (χ4n) is 3.89. The summed E-state index contributed by atoms with van der Waals surface area (Å²) in [6.45, 7) is 0.842. The van der Waals surface area contributed by atoms with Crippen LogP contribution in [0.2, 0.25) is 0 Å². The highest BCUT2D eigenvalue weighted by molar-refractivity contribution is 5.96. The number of carboxylic acid groups (broad SMARTS) is 1. The topological polar surface area (TPSA) is 88.0 Å². The number of rotatable bonds is 9. The molecule has 3 N–H and O–H groups in total. The van der Waals surface area contributed by atoms with Crippen LogP contribution in [0.3, 0.4) is 0 Å².